The molecule has 0 radical (unpaired) electrons. The number of aliphatic hydroxyl groups excluding tert-OH is 2. The van der Waals surface area contributed by atoms with E-state index in [1.807, 2.05) is 0 Å². The normalized spacial score (nSPS) is 15.0. The lowest BCUT2D eigenvalue weighted by Gasteiger charge is -2.17. The van der Waals surface area contributed by atoms with Gasteiger partial charge in [0.05, 0.1) is 6.10 Å². The van der Waals surface area contributed by atoms with E-state index in [0.717, 1.165) is 0 Å². The number of rotatable bonds is 3. The maximum absolute atomic E-state index is 12.8. The van der Waals surface area contributed by atoms with Gasteiger partial charge >= 0.3 is 0 Å². The third kappa shape index (κ3) is 2.58. The highest BCUT2D eigenvalue weighted by molar-refractivity contribution is 7.80. The number of hydrogen-bond acceptors (Lipinski definition) is 4. The van der Waals surface area contributed by atoms with Gasteiger partial charge in [0.1, 0.15) is 11.9 Å². The van der Waals surface area contributed by atoms with E-state index >= 15 is 0 Å². The molecule has 0 aliphatic heterocycles. The molecule has 3 nitrogen and oxygen atoms in total. The molecule has 0 heterocycles. The van der Waals surface area contributed by atoms with Crippen molar-refractivity contribution in [2.24, 2.45) is 0 Å². The van der Waals surface area contributed by atoms with Crippen LogP contribution in [0.2, 0.25) is 0 Å². The maximum atomic E-state index is 12.8. The minimum absolute atomic E-state index is 0.0698. The molecule has 1 rings (SSSR count). The van der Waals surface area contributed by atoms with Gasteiger partial charge in [-0.3, -0.25) is 0 Å². The average molecular weight is 236 g/mol. The minimum atomic E-state index is -1.50. The standard InChI is InChI=1S/C9H10F2O3S/c10-5-1-4(7(12)2-6(5)11)9(14)8(13)3-15/h1-2,8-9,12-15H,3H2. The molecule has 0 aromatic heterocycles. The van der Waals surface area contributed by atoms with Crippen LogP contribution in [-0.4, -0.2) is 27.2 Å². The zero-order valence-electron chi connectivity index (χ0n) is 7.56. The van der Waals surface area contributed by atoms with Crippen molar-refractivity contribution in [3.63, 3.8) is 0 Å². The fourth-order valence-corrected chi connectivity index (χ4v) is 1.30. The Morgan fingerprint density at radius 2 is 1.73 bits per heavy atom. The van der Waals surface area contributed by atoms with Gasteiger partial charge in [0.15, 0.2) is 11.6 Å². The third-order valence-electron chi connectivity index (χ3n) is 1.94. The number of thiol groups is 1. The van der Waals surface area contributed by atoms with Gasteiger partial charge in [-0.05, 0) is 6.07 Å². The summed E-state index contributed by atoms with van der Waals surface area (Å²) < 4.78 is 25.4. The van der Waals surface area contributed by atoms with Gasteiger partial charge in [-0.2, -0.15) is 12.6 Å². The fourth-order valence-electron chi connectivity index (χ4n) is 1.10. The van der Waals surface area contributed by atoms with E-state index in [-0.39, 0.29) is 11.3 Å². The number of aromatic hydroxyl groups is 1. The summed E-state index contributed by atoms with van der Waals surface area (Å²) in [5.74, 6) is -3.10. The van der Waals surface area contributed by atoms with Crippen LogP contribution in [0.4, 0.5) is 8.78 Å². The predicted molar refractivity (Wildman–Crippen MR) is 52.8 cm³/mol. The lowest BCUT2D eigenvalue weighted by molar-refractivity contribution is 0.0320. The van der Waals surface area contributed by atoms with E-state index in [2.05, 4.69) is 12.6 Å². The highest BCUT2D eigenvalue weighted by atomic mass is 32.1. The minimum Gasteiger partial charge on any atom is -0.507 e. The van der Waals surface area contributed by atoms with E-state index in [1.165, 1.54) is 0 Å². The van der Waals surface area contributed by atoms with Crippen LogP contribution in [0.25, 0.3) is 0 Å². The summed E-state index contributed by atoms with van der Waals surface area (Å²) in [5.41, 5.74) is -0.268. The van der Waals surface area contributed by atoms with Crippen molar-refractivity contribution in [1.82, 2.24) is 0 Å². The fraction of sp³-hybridized carbons (Fsp3) is 0.333. The lowest BCUT2D eigenvalue weighted by Crippen LogP contribution is -2.20. The molecule has 0 aliphatic carbocycles. The van der Waals surface area contributed by atoms with Crippen LogP contribution in [-0.2, 0) is 0 Å². The zero-order valence-corrected chi connectivity index (χ0v) is 8.46. The van der Waals surface area contributed by atoms with Crippen LogP contribution < -0.4 is 0 Å². The van der Waals surface area contributed by atoms with Crippen molar-refractivity contribution in [3.8, 4) is 5.75 Å². The molecule has 15 heavy (non-hydrogen) atoms. The SMILES string of the molecule is Oc1cc(F)c(F)cc1C(O)C(O)CS. The molecular weight excluding hydrogens is 226 g/mol. The molecular formula is C9H10F2O3S. The Morgan fingerprint density at radius 1 is 1.20 bits per heavy atom. The van der Waals surface area contributed by atoms with E-state index in [1.54, 1.807) is 0 Å². The van der Waals surface area contributed by atoms with Crippen LogP contribution >= 0.6 is 12.6 Å². The second kappa shape index (κ2) is 4.78. The number of phenolic OH excluding ortho intramolecular Hbond substituents is 1. The summed E-state index contributed by atoms with van der Waals surface area (Å²) in [6.07, 6.45) is -2.76. The third-order valence-corrected chi connectivity index (χ3v) is 2.31. The summed E-state index contributed by atoms with van der Waals surface area (Å²) in [4.78, 5) is 0. The van der Waals surface area contributed by atoms with Crippen molar-refractivity contribution in [1.29, 1.82) is 0 Å². The van der Waals surface area contributed by atoms with Gasteiger partial charge in [-0.25, -0.2) is 8.78 Å². The lowest BCUT2D eigenvalue weighted by atomic mass is 10.0. The monoisotopic (exact) mass is 236 g/mol. The van der Waals surface area contributed by atoms with Crippen LogP contribution in [0.3, 0.4) is 0 Å². The summed E-state index contributed by atoms with van der Waals surface area (Å²) in [6, 6.07) is 1.18. The first kappa shape index (κ1) is 12.2. The first-order valence-electron chi connectivity index (χ1n) is 4.12. The second-order valence-corrected chi connectivity index (χ2v) is 3.39. The average Bonchev–Trinajstić information content (AvgIpc) is 2.21. The molecule has 0 amide bonds. The Labute approximate surface area is 90.4 Å². The molecule has 0 spiro atoms. The summed E-state index contributed by atoms with van der Waals surface area (Å²) in [5, 5.41) is 27.9. The number of hydrogen-bond donors (Lipinski definition) is 4. The molecule has 0 aliphatic rings. The highest BCUT2D eigenvalue weighted by Crippen LogP contribution is 2.28. The predicted octanol–water partition coefficient (Wildman–Crippen LogP) is 0.994. The molecule has 2 unspecified atom stereocenters. The molecule has 0 bridgehead atoms. The van der Waals surface area contributed by atoms with Gasteiger partial charge in [0.25, 0.3) is 0 Å². The molecule has 84 valence electrons. The summed E-state index contributed by atoms with van der Waals surface area (Å²) in [7, 11) is 0. The Hall–Kier alpha value is -0.850. The summed E-state index contributed by atoms with van der Waals surface area (Å²) in [6.45, 7) is 0. The zero-order chi connectivity index (χ0) is 11.6. The van der Waals surface area contributed by atoms with Crippen molar-refractivity contribution in [3.05, 3.63) is 29.3 Å². The number of phenols is 1. The van der Waals surface area contributed by atoms with Crippen molar-refractivity contribution in [2.45, 2.75) is 12.2 Å². The van der Waals surface area contributed by atoms with Crippen LogP contribution in [0.1, 0.15) is 11.7 Å². The van der Waals surface area contributed by atoms with E-state index < -0.39 is 29.6 Å². The summed E-state index contributed by atoms with van der Waals surface area (Å²) >= 11 is 3.73. The largest absolute Gasteiger partial charge is 0.507 e. The molecule has 0 saturated carbocycles. The molecule has 1 aromatic carbocycles. The Bertz CT molecular complexity index is 359. The Balaban J connectivity index is 3.09. The first-order chi connectivity index (χ1) is 6.97. The topological polar surface area (TPSA) is 60.7 Å². The number of aliphatic hydroxyl groups is 2. The van der Waals surface area contributed by atoms with Crippen LogP contribution in [0.5, 0.6) is 5.75 Å². The molecule has 3 N–H and O–H groups in total. The van der Waals surface area contributed by atoms with Gasteiger partial charge < -0.3 is 15.3 Å². The van der Waals surface area contributed by atoms with Gasteiger partial charge in [-0.15, -0.1) is 0 Å². The Kier molecular flexibility index (Phi) is 3.90. The van der Waals surface area contributed by atoms with E-state index in [0.29, 0.717) is 12.1 Å². The second-order valence-electron chi connectivity index (χ2n) is 3.02. The van der Waals surface area contributed by atoms with Crippen LogP contribution in [0, 0.1) is 11.6 Å². The first-order valence-corrected chi connectivity index (χ1v) is 4.75. The van der Waals surface area contributed by atoms with Crippen molar-refractivity contribution < 1.29 is 24.1 Å². The number of benzene rings is 1. The van der Waals surface area contributed by atoms with E-state index in [4.69, 9.17) is 0 Å². The number of halogens is 2. The van der Waals surface area contributed by atoms with Crippen molar-refractivity contribution in [2.75, 3.05) is 5.75 Å². The highest BCUT2D eigenvalue weighted by Gasteiger charge is 2.22. The van der Waals surface area contributed by atoms with E-state index in [9.17, 15) is 24.1 Å². The molecule has 1 aromatic rings. The smallest absolute Gasteiger partial charge is 0.162 e. The maximum Gasteiger partial charge on any atom is 0.162 e. The van der Waals surface area contributed by atoms with Gasteiger partial charge in [-0.1, -0.05) is 0 Å². The van der Waals surface area contributed by atoms with Crippen molar-refractivity contribution >= 4 is 12.6 Å². The molecule has 0 fully saturated rings. The Morgan fingerprint density at radius 3 is 2.27 bits per heavy atom. The quantitative estimate of drug-likeness (QED) is 0.592. The molecule has 2 atom stereocenters. The van der Waals surface area contributed by atoms with Gasteiger partial charge in [0.2, 0.25) is 0 Å². The molecule has 0 saturated heterocycles. The van der Waals surface area contributed by atoms with Crippen LogP contribution in [0.15, 0.2) is 12.1 Å². The molecule has 6 heteroatoms. The van der Waals surface area contributed by atoms with Gasteiger partial charge in [0, 0.05) is 17.4 Å².